The average molecular weight is 515 g/mol. The van der Waals surface area contributed by atoms with E-state index in [0.717, 1.165) is 22.3 Å². The first-order valence-corrected chi connectivity index (χ1v) is 12.4. The molecule has 0 amide bonds. The predicted molar refractivity (Wildman–Crippen MR) is 140 cm³/mol. The monoisotopic (exact) mass is 514 g/mol. The van der Waals surface area contributed by atoms with Crippen LogP contribution >= 0.6 is 0 Å². The molecule has 3 aromatic carbocycles. The van der Waals surface area contributed by atoms with E-state index >= 15 is 0 Å². The molecule has 194 valence electrons. The Morgan fingerprint density at radius 2 is 1.71 bits per heavy atom. The Morgan fingerprint density at radius 1 is 1.08 bits per heavy atom. The molecule has 0 unspecified atom stereocenters. The molecule has 1 fully saturated rings. The second kappa shape index (κ2) is 10.2. The summed E-state index contributed by atoms with van der Waals surface area (Å²) in [5, 5.41) is 13.6. The number of benzene rings is 3. The lowest BCUT2D eigenvalue weighted by molar-refractivity contribution is -0.147. The molecule has 1 aliphatic rings. The molecule has 1 aliphatic carbocycles. The first-order valence-electron chi connectivity index (χ1n) is 13.4. The summed E-state index contributed by atoms with van der Waals surface area (Å²) in [6.07, 6.45) is 0.515. The van der Waals surface area contributed by atoms with Crippen molar-refractivity contribution in [1.82, 2.24) is 5.16 Å². The molecule has 0 bridgehead atoms. The highest BCUT2D eigenvalue weighted by Gasteiger charge is 2.51. The quantitative estimate of drug-likeness (QED) is 0.249. The predicted octanol–water partition coefficient (Wildman–Crippen LogP) is 6.75. The van der Waals surface area contributed by atoms with Crippen molar-refractivity contribution in [2.45, 2.75) is 51.3 Å². The Bertz CT molecular complexity index is 1550. The zero-order valence-corrected chi connectivity index (χ0v) is 21.0. The number of carboxylic acid groups (broad SMARTS) is 1. The first kappa shape index (κ1) is 22.9. The standard InChI is InChI=1S/C31H28FNO5/c1-19-27(17-28(34)37-20(2)25-5-3-4-21(16-25)18-32)29(38-33-19)24-8-6-22(7-9-24)23-10-12-26(13-11-23)31(14-15-31)30(35)36/h3-13,16,20H,14-15,17-18H2,1-2H3,(H,35,36)/t20-/m1/s1/i18D2,32-1. The Hall–Kier alpha value is -4.26. The van der Waals surface area contributed by atoms with E-state index in [2.05, 4.69) is 5.16 Å². The summed E-state index contributed by atoms with van der Waals surface area (Å²) < 4.78 is 39.4. The summed E-state index contributed by atoms with van der Waals surface area (Å²) in [7, 11) is 0. The van der Waals surface area contributed by atoms with Gasteiger partial charge < -0.3 is 14.4 Å². The van der Waals surface area contributed by atoms with Gasteiger partial charge in [-0.3, -0.25) is 9.59 Å². The molecule has 1 saturated carbocycles. The fourth-order valence-corrected chi connectivity index (χ4v) is 4.67. The second-order valence-electron chi connectivity index (χ2n) is 9.65. The van der Waals surface area contributed by atoms with Crippen LogP contribution < -0.4 is 0 Å². The molecule has 1 heterocycles. The number of alkyl halides is 1. The minimum Gasteiger partial charge on any atom is -0.481 e. The number of aromatic nitrogens is 1. The van der Waals surface area contributed by atoms with Crippen molar-refractivity contribution in [2.24, 2.45) is 0 Å². The van der Waals surface area contributed by atoms with Crippen LogP contribution in [0.25, 0.3) is 22.5 Å². The maximum atomic E-state index is 13.7. The number of nitrogens with zero attached hydrogens (tertiary/aromatic N) is 1. The third-order valence-corrected chi connectivity index (χ3v) is 7.16. The minimum atomic E-state index is -2.99. The smallest absolute Gasteiger partial charge is 0.314 e. The van der Waals surface area contributed by atoms with Gasteiger partial charge >= 0.3 is 11.9 Å². The van der Waals surface area contributed by atoms with Crippen LogP contribution in [0.4, 0.5) is 4.39 Å². The molecule has 5 rings (SSSR count). The van der Waals surface area contributed by atoms with Gasteiger partial charge in [-0.2, -0.15) is 0 Å². The van der Waals surface area contributed by atoms with Gasteiger partial charge in [0.05, 0.1) is 20.3 Å². The number of aliphatic carboxylic acids is 1. The summed E-state index contributed by atoms with van der Waals surface area (Å²) in [5.41, 5.74) is 4.19. The molecule has 0 spiro atoms. The fraction of sp³-hybridized carbons (Fsp3) is 0.258. The molecule has 1 aromatic heterocycles. The van der Waals surface area contributed by atoms with Crippen LogP contribution in [0.1, 0.15) is 56.6 Å². The van der Waals surface area contributed by atoms with Crippen molar-refractivity contribution in [3.63, 3.8) is 0 Å². The van der Waals surface area contributed by atoms with Gasteiger partial charge in [0.2, 0.25) is 0 Å². The highest BCUT2D eigenvalue weighted by Crippen LogP contribution is 2.48. The molecule has 0 saturated heterocycles. The minimum absolute atomic E-state index is 0.0901. The Kier molecular flexibility index (Phi) is 6.17. The lowest BCUT2D eigenvalue weighted by atomic mass is 9.93. The van der Waals surface area contributed by atoms with Gasteiger partial charge in [-0.25, -0.2) is 4.39 Å². The second-order valence-corrected chi connectivity index (χ2v) is 9.65. The van der Waals surface area contributed by atoms with Gasteiger partial charge in [0, 0.05) is 11.1 Å². The molecular weight excluding hydrogens is 484 g/mol. The Balaban J connectivity index is 1.29. The van der Waals surface area contributed by atoms with Crippen LogP contribution in [0.2, 0.25) is 0 Å². The summed E-state index contributed by atoms with van der Waals surface area (Å²) in [6, 6.07) is 21.0. The number of carbonyl (C=O) groups excluding carboxylic acids is 1. The largest absolute Gasteiger partial charge is 0.481 e. The van der Waals surface area contributed by atoms with Gasteiger partial charge in [-0.15, -0.1) is 0 Å². The third-order valence-electron chi connectivity index (χ3n) is 7.16. The van der Waals surface area contributed by atoms with Crippen LogP contribution in [0.5, 0.6) is 0 Å². The summed E-state index contributed by atoms with van der Waals surface area (Å²) in [6.45, 7) is 0.391. The lowest BCUT2D eigenvalue weighted by Crippen LogP contribution is -2.19. The molecule has 1 N–H and O–H groups in total. The topological polar surface area (TPSA) is 89.6 Å². The highest BCUT2D eigenvalue weighted by atomic mass is 18.2. The molecule has 4 aromatic rings. The SMILES string of the molecule is [2H]C([2H])([18F])c1cccc([C@@H](C)OC(=O)Cc2c(C)noc2-c2ccc(-c3ccc(C4(C(=O)O)CC4)cc3)cc2)c1. The number of esters is 1. The van der Waals surface area contributed by atoms with Crippen molar-refractivity contribution in [1.29, 1.82) is 0 Å². The number of hydrogen-bond donors (Lipinski definition) is 1. The van der Waals surface area contributed by atoms with Gasteiger partial charge in [0.25, 0.3) is 0 Å². The molecule has 38 heavy (non-hydrogen) atoms. The van der Waals surface area contributed by atoms with Gasteiger partial charge in [0.15, 0.2) is 5.76 Å². The van der Waals surface area contributed by atoms with E-state index < -0.39 is 30.1 Å². The average Bonchev–Trinajstić information content (AvgIpc) is 3.68. The lowest BCUT2D eigenvalue weighted by Gasteiger charge is -2.14. The molecule has 6 nitrogen and oxygen atoms in total. The first-order chi connectivity index (χ1) is 19.0. The van der Waals surface area contributed by atoms with Crippen LogP contribution in [0.3, 0.4) is 0 Å². The van der Waals surface area contributed by atoms with E-state index in [1.54, 1.807) is 19.9 Å². The van der Waals surface area contributed by atoms with Crippen LogP contribution in [0.15, 0.2) is 77.3 Å². The molecule has 0 radical (unpaired) electrons. The highest BCUT2D eigenvalue weighted by molar-refractivity contribution is 5.85. The number of carbonyl (C=O) groups is 2. The van der Waals surface area contributed by atoms with E-state index in [4.69, 9.17) is 12.0 Å². The van der Waals surface area contributed by atoms with E-state index in [1.807, 2.05) is 48.5 Å². The van der Waals surface area contributed by atoms with Crippen LogP contribution in [-0.2, 0) is 32.8 Å². The Morgan fingerprint density at radius 3 is 2.32 bits per heavy atom. The number of rotatable bonds is 9. The maximum absolute atomic E-state index is 13.7. The normalized spacial score (nSPS) is 15.8. The summed E-state index contributed by atoms with van der Waals surface area (Å²) in [4.78, 5) is 24.4. The van der Waals surface area contributed by atoms with E-state index in [0.29, 0.717) is 35.4 Å². The van der Waals surface area contributed by atoms with Gasteiger partial charge in [-0.1, -0.05) is 71.9 Å². The number of carboxylic acids is 1. The number of ether oxygens (including phenoxy) is 1. The van der Waals surface area contributed by atoms with Gasteiger partial charge in [-0.05, 0) is 60.6 Å². The summed E-state index contributed by atoms with van der Waals surface area (Å²) in [5.74, 6) is -0.856. The maximum Gasteiger partial charge on any atom is 0.314 e. The number of halogens is 1. The summed E-state index contributed by atoms with van der Waals surface area (Å²) >= 11 is 0. The third kappa shape index (κ3) is 4.96. The molecule has 0 aliphatic heterocycles. The number of aryl methyl sites for hydroxylation is 1. The van der Waals surface area contributed by atoms with E-state index in [1.165, 1.54) is 18.2 Å². The van der Waals surface area contributed by atoms with Crippen LogP contribution in [0, 0.1) is 6.92 Å². The van der Waals surface area contributed by atoms with Crippen molar-refractivity contribution in [3.8, 4) is 22.5 Å². The van der Waals surface area contributed by atoms with Crippen LogP contribution in [-0.4, -0.2) is 22.2 Å². The molecular formula is C31H28FNO5. The van der Waals surface area contributed by atoms with Crippen molar-refractivity contribution >= 4 is 11.9 Å². The molecule has 7 heteroatoms. The van der Waals surface area contributed by atoms with Crippen molar-refractivity contribution < 1.29 is 31.1 Å². The Labute approximate surface area is 222 Å². The van der Waals surface area contributed by atoms with Crippen molar-refractivity contribution in [2.75, 3.05) is 0 Å². The van der Waals surface area contributed by atoms with Gasteiger partial charge in [0.1, 0.15) is 12.7 Å². The zero-order valence-electron chi connectivity index (χ0n) is 23.0. The van der Waals surface area contributed by atoms with E-state index in [9.17, 15) is 19.1 Å². The van der Waals surface area contributed by atoms with E-state index in [-0.39, 0.29) is 12.0 Å². The number of hydrogen-bond acceptors (Lipinski definition) is 5. The fourth-order valence-electron chi connectivity index (χ4n) is 4.67. The van der Waals surface area contributed by atoms with Crippen molar-refractivity contribution in [3.05, 3.63) is 101 Å². The zero-order chi connectivity index (χ0) is 28.7. The molecule has 1 atom stereocenters.